The van der Waals surface area contributed by atoms with E-state index in [4.69, 9.17) is 4.74 Å². The van der Waals surface area contributed by atoms with E-state index in [1.54, 1.807) is 17.0 Å². The number of nitriles is 1. The van der Waals surface area contributed by atoms with Gasteiger partial charge in [-0.2, -0.15) is 5.26 Å². The fourth-order valence-corrected chi connectivity index (χ4v) is 3.92. The molecule has 0 bridgehead atoms. The molecule has 0 aliphatic carbocycles. The third kappa shape index (κ3) is 4.49. The quantitative estimate of drug-likeness (QED) is 0.745. The highest BCUT2D eigenvalue weighted by molar-refractivity contribution is 7.07. The van der Waals surface area contributed by atoms with Crippen molar-refractivity contribution in [2.75, 3.05) is 23.8 Å². The largest absolute Gasteiger partial charge is 0.474 e. The maximum Gasteiger partial charge on any atom is 0.270 e. The maximum absolute atomic E-state index is 12.8. The fourth-order valence-electron chi connectivity index (χ4n) is 2.84. The summed E-state index contributed by atoms with van der Waals surface area (Å²) in [6, 6.07) is 5.85. The molecular weight excluding hydrogens is 388 g/mol. The van der Waals surface area contributed by atoms with Crippen LogP contribution < -0.4 is 25.4 Å². The van der Waals surface area contributed by atoms with Crippen molar-refractivity contribution in [3.63, 3.8) is 0 Å². The van der Waals surface area contributed by atoms with E-state index in [1.807, 2.05) is 39.8 Å². The van der Waals surface area contributed by atoms with Crippen LogP contribution in [0.4, 0.5) is 11.5 Å². The number of nitrogens with zero attached hydrogens (tertiary/aromatic N) is 4. The molecule has 2 N–H and O–H groups in total. The Morgan fingerprint density at radius 1 is 1.48 bits per heavy atom. The summed E-state index contributed by atoms with van der Waals surface area (Å²) >= 11 is 1.24. The summed E-state index contributed by atoms with van der Waals surface area (Å²) in [6.45, 7) is 9.37. The number of nitrogens with one attached hydrogen (secondary N) is 2. The summed E-state index contributed by atoms with van der Waals surface area (Å²) in [5.74, 6) is 1.05. The maximum atomic E-state index is 12.8. The van der Waals surface area contributed by atoms with E-state index < -0.39 is 0 Å². The minimum Gasteiger partial charge on any atom is -0.474 e. The molecule has 3 rings (SSSR count). The van der Waals surface area contributed by atoms with Gasteiger partial charge in [0.05, 0.1) is 5.54 Å². The molecule has 0 saturated heterocycles. The molecule has 8 nitrogen and oxygen atoms in total. The van der Waals surface area contributed by atoms with Crippen molar-refractivity contribution in [2.45, 2.75) is 39.8 Å². The normalized spacial score (nSPS) is 16.7. The van der Waals surface area contributed by atoms with Crippen LogP contribution in [-0.2, 0) is 11.3 Å². The van der Waals surface area contributed by atoms with Gasteiger partial charge in [-0.25, -0.2) is 9.98 Å². The number of hydrogen-bond acceptors (Lipinski definition) is 8. The number of aromatic nitrogens is 2. The molecule has 0 spiro atoms. The van der Waals surface area contributed by atoms with E-state index in [1.165, 1.54) is 11.3 Å². The first-order chi connectivity index (χ1) is 13.9. The van der Waals surface area contributed by atoms with Crippen LogP contribution in [0.5, 0.6) is 0 Å². The number of anilines is 2. The predicted molar refractivity (Wildman–Crippen MR) is 116 cm³/mol. The van der Waals surface area contributed by atoms with Crippen molar-refractivity contribution in [3.8, 4) is 6.07 Å². The van der Waals surface area contributed by atoms with E-state index in [9.17, 15) is 10.1 Å². The lowest BCUT2D eigenvalue weighted by Gasteiger charge is -2.07. The number of rotatable bonds is 6. The van der Waals surface area contributed by atoms with Gasteiger partial charge >= 0.3 is 0 Å². The number of hydrogen-bond donors (Lipinski definition) is 2. The highest BCUT2D eigenvalue weighted by Gasteiger charge is 2.29. The Morgan fingerprint density at radius 2 is 2.28 bits per heavy atom. The standard InChI is InChI=1S/C20H24N6O2S/c1-5-22-16-9-13(7-8-23-16)24-11-15-18(27)26(6-2)19(29-15)14(10-21)17-25-20(3,4)12-28-17/h7-9,11H,5-6,12H2,1-4H3,(H2,22,23,24). The number of aliphatic imine (C=N–C) groups is 1. The second kappa shape index (κ2) is 8.49. The zero-order chi connectivity index (χ0) is 21.0. The molecule has 152 valence electrons. The lowest BCUT2D eigenvalue weighted by molar-refractivity contribution is 0.281. The van der Waals surface area contributed by atoms with Crippen molar-refractivity contribution >= 4 is 40.5 Å². The first kappa shape index (κ1) is 20.6. The summed E-state index contributed by atoms with van der Waals surface area (Å²) in [4.78, 5) is 21.6. The number of ether oxygens (including phenoxy) is 1. The molecule has 29 heavy (non-hydrogen) atoms. The lowest BCUT2D eigenvalue weighted by atomic mass is 10.1. The molecule has 3 heterocycles. The van der Waals surface area contributed by atoms with Gasteiger partial charge in [0.25, 0.3) is 5.56 Å². The Kier molecular flexibility index (Phi) is 6.03. The van der Waals surface area contributed by atoms with E-state index >= 15 is 0 Å². The highest BCUT2D eigenvalue weighted by Crippen LogP contribution is 2.20. The zero-order valence-corrected chi connectivity index (χ0v) is 17.8. The van der Waals surface area contributed by atoms with Crippen LogP contribution in [0.1, 0.15) is 27.7 Å². The van der Waals surface area contributed by atoms with Crippen molar-refractivity contribution < 1.29 is 4.74 Å². The van der Waals surface area contributed by atoms with Gasteiger partial charge < -0.3 is 15.4 Å². The second-order valence-corrected chi connectivity index (χ2v) is 8.11. The molecule has 0 radical (unpaired) electrons. The molecule has 0 saturated carbocycles. The van der Waals surface area contributed by atoms with Crippen LogP contribution in [0.3, 0.4) is 0 Å². The molecule has 0 fully saturated rings. The molecule has 9 heteroatoms. The molecule has 0 aromatic carbocycles. The Hall–Kier alpha value is -3.12. The van der Waals surface area contributed by atoms with Crippen LogP contribution in [0.15, 0.2) is 28.1 Å². The van der Waals surface area contributed by atoms with Crippen LogP contribution in [-0.4, -0.2) is 34.1 Å². The summed E-state index contributed by atoms with van der Waals surface area (Å²) in [5, 5.41) is 16.0. The van der Waals surface area contributed by atoms with Crippen molar-refractivity contribution in [1.29, 1.82) is 5.26 Å². The van der Waals surface area contributed by atoms with Gasteiger partial charge in [0.2, 0.25) is 5.90 Å². The average Bonchev–Trinajstić information content (AvgIpc) is 3.20. The van der Waals surface area contributed by atoms with Crippen LogP contribution in [0, 0.1) is 11.3 Å². The van der Waals surface area contributed by atoms with Gasteiger partial charge in [-0.1, -0.05) is 0 Å². The molecule has 1 aliphatic rings. The average molecular weight is 413 g/mol. The lowest BCUT2D eigenvalue weighted by Crippen LogP contribution is -2.32. The first-order valence-electron chi connectivity index (χ1n) is 9.42. The van der Waals surface area contributed by atoms with Gasteiger partial charge in [-0.3, -0.25) is 9.36 Å². The van der Waals surface area contributed by atoms with Gasteiger partial charge in [0.15, 0.2) is 0 Å². The predicted octanol–water partition coefficient (Wildman–Crippen LogP) is 1.49. The number of pyridine rings is 1. The molecule has 0 amide bonds. The Morgan fingerprint density at radius 3 is 2.90 bits per heavy atom. The van der Waals surface area contributed by atoms with Crippen molar-refractivity contribution in [2.24, 2.45) is 4.99 Å². The van der Waals surface area contributed by atoms with Gasteiger partial charge in [0, 0.05) is 37.2 Å². The first-order valence-corrected chi connectivity index (χ1v) is 10.2. The molecule has 0 atom stereocenters. The molecule has 2 aromatic rings. The van der Waals surface area contributed by atoms with Gasteiger partial charge in [0.1, 0.15) is 33.3 Å². The Bertz CT molecular complexity index is 1150. The third-order valence-electron chi connectivity index (χ3n) is 4.22. The van der Waals surface area contributed by atoms with Gasteiger partial charge in [-0.15, -0.1) is 11.3 Å². The van der Waals surface area contributed by atoms with E-state index in [0.717, 1.165) is 18.1 Å². The van der Waals surface area contributed by atoms with Crippen LogP contribution >= 0.6 is 11.3 Å². The van der Waals surface area contributed by atoms with E-state index in [0.29, 0.717) is 28.2 Å². The van der Waals surface area contributed by atoms with Crippen LogP contribution in [0.2, 0.25) is 0 Å². The summed E-state index contributed by atoms with van der Waals surface area (Å²) in [6.07, 6.45) is 3.35. The highest BCUT2D eigenvalue weighted by atomic mass is 32.1. The zero-order valence-electron chi connectivity index (χ0n) is 16.9. The van der Waals surface area contributed by atoms with E-state index in [2.05, 4.69) is 26.7 Å². The van der Waals surface area contributed by atoms with Crippen LogP contribution in [0.25, 0.3) is 11.8 Å². The molecule has 1 aliphatic heterocycles. The monoisotopic (exact) mass is 412 g/mol. The van der Waals surface area contributed by atoms with Gasteiger partial charge in [-0.05, 0) is 33.8 Å². The Labute approximate surface area is 172 Å². The molecular formula is C20H24N6O2S. The Balaban J connectivity index is 2.06. The second-order valence-electron chi connectivity index (χ2n) is 7.07. The smallest absolute Gasteiger partial charge is 0.270 e. The summed E-state index contributed by atoms with van der Waals surface area (Å²) < 4.78 is 8.25. The van der Waals surface area contributed by atoms with Crippen molar-refractivity contribution in [1.82, 2.24) is 9.55 Å². The topological polar surface area (TPSA) is 104 Å². The molecule has 2 aromatic heterocycles. The summed E-state index contributed by atoms with van der Waals surface area (Å²) in [7, 11) is 0. The minimum atomic E-state index is -0.381. The molecule has 0 unspecified atom stereocenters. The minimum absolute atomic E-state index is 0.161. The fraction of sp³-hybridized carbons (Fsp3) is 0.400. The summed E-state index contributed by atoms with van der Waals surface area (Å²) in [5.41, 5.74) is 0.556. The number of thiazole rings is 1. The third-order valence-corrected chi connectivity index (χ3v) is 5.35. The van der Waals surface area contributed by atoms with Crippen molar-refractivity contribution in [3.05, 3.63) is 37.9 Å². The van der Waals surface area contributed by atoms with E-state index in [-0.39, 0.29) is 16.7 Å². The SMILES string of the molecule is CCNc1cc(NC=c2sc(=C(C#N)C3=NC(C)(C)CO3)n(CC)c2=O)ccn1.